The number of hydrogen-bond donors (Lipinski definition) is 1. The molecule has 2 heterocycles. The zero-order valence-electron chi connectivity index (χ0n) is 14.0. The van der Waals surface area contributed by atoms with Crippen molar-refractivity contribution in [2.45, 2.75) is 65.8 Å². The molecule has 1 fully saturated rings. The van der Waals surface area contributed by atoms with E-state index >= 15 is 0 Å². The highest BCUT2D eigenvalue weighted by molar-refractivity contribution is 5.51. The van der Waals surface area contributed by atoms with Crippen LogP contribution in [0.3, 0.4) is 0 Å². The highest BCUT2D eigenvalue weighted by Crippen LogP contribution is 2.29. The Morgan fingerprint density at radius 1 is 1.29 bits per heavy atom. The van der Waals surface area contributed by atoms with Gasteiger partial charge >= 0.3 is 0 Å². The van der Waals surface area contributed by atoms with E-state index in [0.717, 1.165) is 49.8 Å². The molecule has 0 spiro atoms. The van der Waals surface area contributed by atoms with Crippen molar-refractivity contribution in [2.24, 2.45) is 5.92 Å². The van der Waals surface area contributed by atoms with Gasteiger partial charge in [-0.25, -0.2) is 9.97 Å². The van der Waals surface area contributed by atoms with Crippen molar-refractivity contribution in [3.8, 4) is 0 Å². The molecular weight excluding hydrogens is 260 g/mol. The summed E-state index contributed by atoms with van der Waals surface area (Å²) in [5.74, 6) is 3.75. The number of nitrogens with one attached hydrogen (secondary N) is 1. The summed E-state index contributed by atoms with van der Waals surface area (Å²) in [6.07, 6.45) is 5.70. The lowest BCUT2D eigenvalue weighted by Gasteiger charge is -2.29. The SMILES string of the molecule is CCCNc1cc(N2CCCC2C(C)C)nc(CCC)n1. The quantitative estimate of drug-likeness (QED) is 0.827. The molecule has 0 radical (unpaired) electrons. The van der Waals surface area contributed by atoms with Crippen molar-refractivity contribution < 1.29 is 0 Å². The van der Waals surface area contributed by atoms with E-state index in [1.807, 2.05) is 0 Å². The van der Waals surface area contributed by atoms with Crippen LogP contribution in [0, 0.1) is 5.92 Å². The van der Waals surface area contributed by atoms with Gasteiger partial charge < -0.3 is 10.2 Å². The van der Waals surface area contributed by atoms with Gasteiger partial charge in [-0.3, -0.25) is 0 Å². The summed E-state index contributed by atoms with van der Waals surface area (Å²) in [5, 5.41) is 3.42. The van der Waals surface area contributed by atoms with Crippen LogP contribution in [-0.2, 0) is 6.42 Å². The molecule has 1 N–H and O–H groups in total. The number of hydrogen-bond acceptors (Lipinski definition) is 4. The third-order valence-corrected chi connectivity index (χ3v) is 4.15. The van der Waals surface area contributed by atoms with Crippen LogP contribution in [0.25, 0.3) is 0 Å². The Bertz CT molecular complexity index is 444. The van der Waals surface area contributed by atoms with E-state index in [-0.39, 0.29) is 0 Å². The lowest BCUT2D eigenvalue weighted by molar-refractivity contribution is 0.489. The van der Waals surface area contributed by atoms with E-state index < -0.39 is 0 Å². The molecule has 4 nitrogen and oxygen atoms in total. The molecule has 0 amide bonds. The van der Waals surface area contributed by atoms with Crippen LogP contribution in [0.5, 0.6) is 0 Å². The van der Waals surface area contributed by atoms with Crippen LogP contribution in [0.4, 0.5) is 11.6 Å². The molecule has 4 heteroatoms. The van der Waals surface area contributed by atoms with Gasteiger partial charge in [0.05, 0.1) is 0 Å². The van der Waals surface area contributed by atoms with Crippen molar-refractivity contribution in [2.75, 3.05) is 23.3 Å². The maximum atomic E-state index is 4.82. The first kappa shape index (κ1) is 16.1. The molecule has 21 heavy (non-hydrogen) atoms. The zero-order chi connectivity index (χ0) is 15.2. The number of anilines is 2. The van der Waals surface area contributed by atoms with Gasteiger partial charge in [-0.1, -0.05) is 27.7 Å². The first-order valence-corrected chi connectivity index (χ1v) is 8.54. The molecule has 0 aromatic carbocycles. The van der Waals surface area contributed by atoms with Gasteiger partial charge in [0.25, 0.3) is 0 Å². The van der Waals surface area contributed by atoms with Gasteiger partial charge in [0.1, 0.15) is 17.5 Å². The molecule has 2 rings (SSSR count). The molecule has 118 valence electrons. The minimum atomic E-state index is 0.619. The average Bonchev–Trinajstić information content (AvgIpc) is 2.95. The fourth-order valence-electron chi connectivity index (χ4n) is 3.08. The summed E-state index contributed by atoms with van der Waals surface area (Å²) < 4.78 is 0. The smallest absolute Gasteiger partial charge is 0.134 e. The van der Waals surface area contributed by atoms with Gasteiger partial charge in [0, 0.05) is 31.6 Å². The average molecular weight is 290 g/mol. The van der Waals surface area contributed by atoms with Crippen molar-refractivity contribution in [1.82, 2.24) is 9.97 Å². The molecule has 0 bridgehead atoms. The molecule has 1 aliphatic heterocycles. The minimum Gasteiger partial charge on any atom is -0.370 e. The first-order chi connectivity index (χ1) is 10.2. The van der Waals surface area contributed by atoms with Crippen LogP contribution in [0.15, 0.2) is 6.07 Å². The van der Waals surface area contributed by atoms with E-state index in [1.54, 1.807) is 0 Å². The molecule has 1 unspecified atom stereocenters. The van der Waals surface area contributed by atoms with E-state index in [2.05, 4.69) is 49.0 Å². The molecule has 0 saturated carbocycles. The third-order valence-electron chi connectivity index (χ3n) is 4.15. The molecule has 0 aliphatic carbocycles. The normalized spacial score (nSPS) is 18.5. The number of aromatic nitrogens is 2. The minimum absolute atomic E-state index is 0.619. The predicted octanol–water partition coefficient (Wildman–Crippen LogP) is 3.88. The van der Waals surface area contributed by atoms with Gasteiger partial charge in [-0.05, 0) is 31.6 Å². The lowest BCUT2D eigenvalue weighted by Crippen LogP contribution is -2.34. The summed E-state index contributed by atoms with van der Waals surface area (Å²) in [5.41, 5.74) is 0. The van der Waals surface area contributed by atoms with Gasteiger partial charge in [0.15, 0.2) is 0 Å². The second kappa shape index (κ2) is 7.62. The second-order valence-corrected chi connectivity index (χ2v) is 6.35. The molecule has 1 atom stereocenters. The summed E-state index contributed by atoms with van der Waals surface area (Å²) in [6, 6.07) is 2.75. The van der Waals surface area contributed by atoms with Gasteiger partial charge in [-0.15, -0.1) is 0 Å². The fraction of sp³-hybridized carbons (Fsp3) is 0.765. The van der Waals surface area contributed by atoms with E-state index in [4.69, 9.17) is 4.98 Å². The highest BCUT2D eigenvalue weighted by Gasteiger charge is 2.28. The number of nitrogens with zero attached hydrogens (tertiary/aromatic N) is 3. The lowest BCUT2D eigenvalue weighted by atomic mass is 10.0. The van der Waals surface area contributed by atoms with Crippen LogP contribution < -0.4 is 10.2 Å². The molecular formula is C17H30N4. The zero-order valence-corrected chi connectivity index (χ0v) is 14.0. The first-order valence-electron chi connectivity index (χ1n) is 8.54. The predicted molar refractivity (Wildman–Crippen MR) is 90.0 cm³/mol. The van der Waals surface area contributed by atoms with Crippen LogP contribution >= 0.6 is 0 Å². The Kier molecular flexibility index (Phi) is 5.83. The van der Waals surface area contributed by atoms with Gasteiger partial charge in [-0.2, -0.15) is 0 Å². The highest BCUT2D eigenvalue weighted by atomic mass is 15.2. The maximum Gasteiger partial charge on any atom is 0.134 e. The Morgan fingerprint density at radius 2 is 2.10 bits per heavy atom. The van der Waals surface area contributed by atoms with Crippen molar-refractivity contribution in [3.63, 3.8) is 0 Å². The second-order valence-electron chi connectivity index (χ2n) is 6.35. The Labute approximate surface area is 129 Å². The summed E-state index contributed by atoms with van der Waals surface area (Å²) in [6.45, 7) is 11.1. The van der Waals surface area contributed by atoms with Crippen molar-refractivity contribution in [1.29, 1.82) is 0 Å². The van der Waals surface area contributed by atoms with Crippen LogP contribution in [0.1, 0.15) is 59.2 Å². The van der Waals surface area contributed by atoms with Crippen molar-refractivity contribution in [3.05, 3.63) is 11.9 Å². The molecule has 1 aromatic heterocycles. The van der Waals surface area contributed by atoms with E-state index in [1.165, 1.54) is 12.8 Å². The molecule has 1 aliphatic rings. The Balaban J connectivity index is 2.25. The molecule has 1 saturated heterocycles. The molecule has 1 aromatic rings. The monoisotopic (exact) mass is 290 g/mol. The van der Waals surface area contributed by atoms with E-state index in [0.29, 0.717) is 12.0 Å². The van der Waals surface area contributed by atoms with Crippen LogP contribution in [-0.4, -0.2) is 29.1 Å². The third kappa shape index (κ3) is 4.08. The summed E-state index contributed by atoms with van der Waals surface area (Å²) in [7, 11) is 0. The van der Waals surface area contributed by atoms with Crippen LogP contribution in [0.2, 0.25) is 0 Å². The largest absolute Gasteiger partial charge is 0.370 e. The maximum absolute atomic E-state index is 4.82. The van der Waals surface area contributed by atoms with Gasteiger partial charge in [0.2, 0.25) is 0 Å². The standard InChI is InChI=1S/C17H30N4/c1-5-8-15-19-16(18-10-6-2)12-17(20-15)21-11-7-9-14(21)13(3)4/h12-14H,5-11H2,1-4H3,(H,18,19,20). The Morgan fingerprint density at radius 3 is 2.76 bits per heavy atom. The van der Waals surface area contributed by atoms with Crippen molar-refractivity contribution >= 4 is 11.6 Å². The number of aryl methyl sites for hydroxylation is 1. The Hall–Kier alpha value is -1.32. The fourth-order valence-corrected chi connectivity index (χ4v) is 3.08. The van der Waals surface area contributed by atoms with E-state index in [9.17, 15) is 0 Å². The summed E-state index contributed by atoms with van der Waals surface area (Å²) >= 11 is 0. The summed E-state index contributed by atoms with van der Waals surface area (Å²) in [4.78, 5) is 12.0. The number of rotatable bonds is 7. The topological polar surface area (TPSA) is 41.0 Å².